The molecule has 3 N–H and O–H groups in total. The number of alkyl halides is 3. The number of carboxylic acid groups (broad SMARTS) is 1. The molecule has 0 aromatic heterocycles. The highest BCUT2D eigenvalue weighted by molar-refractivity contribution is 5.73. The largest absolute Gasteiger partial charge is 0.573 e. The van der Waals surface area contributed by atoms with Crippen LogP contribution in [0.25, 0.3) is 0 Å². The van der Waals surface area contributed by atoms with Gasteiger partial charge in [-0.25, -0.2) is 4.79 Å². The molecule has 1 aromatic carbocycles. The number of amides is 2. The number of ether oxygens (including phenoxy) is 1. The number of urea groups is 1. The molecule has 23 heavy (non-hydrogen) atoms. The first-order chi connectivity index (χ1) is 10.8. The third-order valence-corrected chi connectivity index (χ3v) is 2.73. The minimum atomic E-state index is -4.77. The lowest BCUT2D eigenvalue weighted by molar-refractivity contribution is -0.274. The first kappa shape index (κ1) is 18.6. The zero-order valence-electron chi connectivity index (χ0n) is 12.2. The van der Waals surface area contributed by atoms with E-state index in [-0.39, 0.29) is 31.7 Å². The first-order valence-corrected chi connectivity index (χ1v) is 6.85. The second kappa shape index (κ2) is 8.86. The van der Waals surface area contributed by atoms with Gasteiger partial charge in [0.2, 0.25) is 0 Å². The molecule has 0 fully saturated rings. The van der Waals surface area contributed by atoms with Crippen LogP contribution in [0.3, 0.4) is 0 Å². The molecule has 0 atom stereocenters. The maximum atomic E-state index is 12.3. The zero-order valence-corrected chi connectivity index (χ0v) is 12.2. The molecule has 0 heterocycles. The number of nitrogens with one attached hydrogen (secondary N) is 2. The molecule has 0 saturated carbocycles. The van der Waals surface area contributed by atoms with Crippen LogP contribution in [0.4, 0.5) is 18.0 Å². The normalized spacial score (nSPS) is 10.9. The van der Waals surface area contributed by atoms with E-state index in [1.807, 2.05) is 0 Å². The fourth-order valence-corrected chi connectivity index (χ4v) is 1.75. The standard InChI is InChI=1S/C14H17F3N2O4/c15-14(16,17)23-11-5-2-1-4-10(11)7-9-19-13(22)18-8-3-6-12(20)21/h1-2,4-5H,3,6-9H2,(H,20,21)(H2,18,19,22). The number of rotatable bonds is 8. The summed E-state index contributed by atoms with van der Waals surface area (Å²) in [5.74, 6) is -1.25. The predicted molar refractivity (Wildman–Crippen MR) is 75.1 cm³/mol. The van der Waals surface area contributed by atoms with Crippen LogP contribution in [0.1, 0.15) is 18.4 Å². The summed E-state index contributed by atoms with van der Waals surface area (Å²) in [4.78, 5) is 21.7. The van der Waals surface area contributed by atoms with Crippen LogP contribution in [-0.4, -0.2) is 36.6 Å². The molecular formula is C14H17F3N2O4. The van der Waals surface area contributed by atoms with Gasteiger partial charge in [0.1, 0.15) is 5.75 Å². The molecule has 9 heteroatoms. The summed E-state index contributed by atoms with van der Waals surface area (Å²) < 4.78 is 40.7. The highest BCUT2D eigenvalue weighted by atomic mass is 19.4. The highest BCUT2D eigenvalue weighted by Crippen LogP contribution is 2.26. The second-order valence-corrected chi connectivity index (χ2v) is 4.59. The topological polar surface area (TPSA) is 87.7 Å². The molecule has 1 rings (SSSR count). The van der Waals surface area contributed by atoms with Crippen LogP contribution in [0.15, 0.2) is 24.3 Å². The molecule has 0 bridgehead atoms. The number of carbonyl (C=O) groups is 2. The summed E-state index contributed by atoms with van der Waals surface area (Å²) >= 11 is 0. The second-order valence-electron chi connectivity index (χ2n) is 4.59. The summed E-state index contributed by atoms with van der Waals surface area (Å²) in [5, 5.41) is 13.4. The van der Waals surface area contributed by atoms with Gasteiger partial charge in [0.15, 0.2) is 0 Å². The molecule has 0 aliphatic rings. The van der Waals surface area contributed by atoms with E-state index >= 15 is 0 Å². The van der Waals surface area contributed by atoms with Gasteiger partial charge in [0.05, 0.1) is 0 Å². The average molecular weight is 334 g/mol. The van der Waals surface area contributed by atoms with Crippen molar-refractivity contribution in [2.75, 3.05) is 13.1 Å². The maximum Gasteiger partial charge on any atom is 0.573 e. The van der Waals surface area contributed by atoms with E-state index in [4.69, 9.17) is 5.11 Å². The smallest absolute Gasteiger partial charge is 0.481 e. The fourth-order valence-electron chi connectivity index (χ4n) is 1.75. The van der Waals surface area contributed by atoms with E-state index < -0.39 is 18.4 Å². The summed E-state index contributed by atoms with van der Waals surface area (Å²) in [6.45, 7) is 0.314. The van der Waals surface area contributed by atoms with E-state index in [9.17, 15) is 22.8 Å². The van der Waals surface area contributed by atoms with Crippen LogP contribution in [0.5, 0.6) is 5.75 Å². The van der Waals surface area contributed by atoms with Crippen molar-refractivity contribution >= 4 is 12.0 Å². The molecule has 0 radical (unpaired) electrons. The molecular weight excluding hydrogens is 317 g/mol. The summed E-state index contributed by atoms with van der Waals surface area (Å²) in [7, 11) is 0. The van der Waals surface area contributed by atoms with Crippen molar-refractivity contribution in [3.8, 4) is 5.75 Å². The molecule has 6 nitrogen and oxygen atoms in total. The van der Waals surface area contributed by atoms with E-state index in [1.54, 1.807) is 6.07 Å². The van der Waals surface area contributed by atoms with Crippen molar-refractivity contribution in [1.82, 2.24) is 10.6 Å². The van der Waals surface area contributed by atoms with Crippen molar-refractivity contribution in [2.24, 2.45) is 0 Å². The third kappa shape index (κ3) is 8.54. The van der Waals surface area contributed by atoms with Crippen LogP contribution >= 0.6 is 0 Å². The van der Waals surface area contributed by atoms with E-state index in [0.29, 0.717) is 12.0 Å². The molecule has 0 aliphatic carbocycles. The SMILES string of the molecule is O=C(O)CCCNC(=O)NCCc1ccccc1OC(F)(F)F. The number of carbonyl (C=O) groups excluding carboxylic acids is 1. The number of aliphatic carboxylic acids is 1. The molecule has 0 unspecified atom stereocenters. The molecule has 128 valence electrons. The van der Waals surface area contributed by atoms with Crippen molar-refractivity contribution in [1.29, 1.82) is 0 Å². The molecule has 0 spiro atoms. The molecule has 1 aromatic rings. The Labute approximate surface area is 130 Å². The third-order valence-electron chi connectivity index (χ3n) is 2.73. The number of para-hydroxylation sites is 1. The van der Waals surface area contributed by atoms with Gasteiger partial charge in [-0.15, -0.1) is 13.2 Å². The Morgan fingerprint density at radius 3 is 2.43 bits per heavy atom. The number of halogens is 3. The van der Waals surface area contributed by atoms with Gasteiger partial charge < -0.3 is 20.5 Å². The Kier molecular flexibility index (Phi) is 7.17. The number of benzene rings is 1. The van der Waals surface area contributed by atoms with Gasteiger partial charge in [-0.1, -0.05) is 18.2 Å². The average Bonchev–Trinajstić information content (AvgIpc) is 2.44. The minimum absolute atomic E-state index is 0.0531. The van der Waals surface area contributed by atoms with Crippen molar-refractivity contribution in [2.45, 2.75) is 25.6 Å². The van der Waals surface area contributed by atoms with Crippen molar-refractivity contribution in [3.05, 3.63) is 29.8 Å². The predicted octanol–water partition coefficient (Wildman–Crippen LogP) is 2.29. The maximum absolute atomic E-state index is 12.3. The van der Waals surface area contributed by atoms with Crippen LogP contribution in [-0.2, 0) is 11.2 Å². The van der Waals surface area contributed by atoms with Crippen LogP contribution in [0.2, 0.25) is 0 Å². The fraction of sp³-hybridized carbons (Fsp3) is 0.429. The monoisotopic (exact) mass is 334 g/mol. The molecule has 0 aliphatic heterocycles. The first-order valence-electron chi connectivity index (χ1n) is 6.85. The lowest BCUT2D eigenvalue weighted by atomic mass is 10.1. The Morgan fingerprint density at radius 1 is 1.13 bits per heavy atom. The lowest BCUT2D eigenvalue weighted by Crippen LogP contribution is -2.37. The quantitative estimate of drug-likeness (QED) is 0.637. The zero-order chi connectivity index (χ0) is 17.3. The summed E-state index contributed by atoms with van der Waals surface area (Å²) in [6.07, 6.45) is -4.37. The van der Waals surface area contributed by atoms with E-state index in [0.717, 1.165) is 0 Å². The van der Waals surface area contributed by atoms with E-state index in [2.05, 4.69) is 15.4 Å². The Hall–Kier alpha value is -2.45. The minimum Gasteiger partial charge on any atom is -0.481 e. The van der Waals surface area contributed by atoms with Gasteiger partial charge in [-0.2, -0.15) is 0 Å². The van der Waals surface area contributed by atoms with E-state index in [1.165, 1.54) is 18.2 Å². The molecule has 2 amide bonds. The number of carboxylic acids is 1. The van der Waals surface area contributed by atoms with Gasteiger partial charge in [0, 0.05) is 19.5 Å². The van der Waals surface area contributed by atoms with Gasteiger partial charge >= 0.3 is 18.4 Å². The van der Waals surface area contributed by atoms with Crippen LogP contribution < -0.4 is 15.4 Å². The number of hydrogen-bond acceptors (Lipinski definition) is 3. The lowest BCUT2D eigenvalue weighted by Gasteiger charge is -2.13. The van der Waals surface area contributed by atoms with Crippen LogP contribution in [0, 0.1) is 0 Å². The summed E-state index contributed by atoms with van der Waals surface area (Å²) in [5.41, 5.74) is 0.316. The highest BCUT2D eigenvalue weighted by Gasteiger charge is 2.31. The van der Waals surface area contributed by atoms with Crippen molar-refractivity contribution in [3.63, 3.8) is 0 Å². The molecule has 0 saturated heterocycles. The summed E-state index contributed by atoms with van der Waals surface area (Å²) in [6, 6.07) is 5.17. The Morgan fingerprint density at radius 2 is 1.78 bits per heavy atom. The van der Waals surface area contributed by atoms with Gasteiger partial charge in [0.25, 0.3) is 0 Å². The van der Waals surface area contributed by atoms with Crippen molar-refractivity contribution < 1.29 is 32.6 Å². The van der Waals surface area contributed by atoms with Gasteiger partial charge in [-0.3, -0.25) is 4.79 Å². The Bertz CT molecular complexity index is 535. The van der Waals surface area contributed by atoms with Gasteiger partial charge in [-0.05, 0) is 24.5 Å². The number of hydrogen-bond donors (Lipinski definition) is 3. The Balaban J connectivity index is 2.35.